The molecule has 1 aromatic rings. The molecule has 1 N–H and O–H groups in total. The molecule has 0 heterocycles. The summed E-state index contributed by atoms with van der Waals surface area (Å²) in [6.07, 6.45) is 4.09. The van der Waals surface area contributed by atoms with Gasteiger partial charge in [-0.1, -0.05) is 19.4 Å². The quantitative estimate of drug-likeness (QED) is 0.876. The number of rotatable bonds is 4. The van der Waals surface area contributed by atoms with Gasteiger partial charge in [0.1, 0.15) is 0 Å². The normalized spacial score (nSPS) is 26.4. The fourth-order valence-electron chi connectivity index (χ4n) is 2.96. The van der Waals surface area contributed by atoms with Crippen molar-refractivity contribution >= 4 is 17.7 Å². The molecule has 1 aromatic carbocycles. The molecule has 110 valence electrons. The number of benzene rings is 1. The van der Waals surface area contributed by atoms with Crippen LogP contribution in [0.2, 0.25) is 0 Å². The molecule has 0 aromatic heterocycles. The minimum absolute atomic E-state index is 0.190. The van der Waals surface area contributed by atoms with E-state index in [2.05, 4.69) is 39.0 Å². The van der Waals surface area contributed by atoms with Crippen molar-refractivity contribution in [3.8, 4) is 0 Å². The van der Waals surface area contributed by atoms with Crippen molar-refractivity contribution in [2.45, 2.75) is 56.6 Å². The SMILES string of the molecule is CCC1CCC(C(=O)O)C(Sc2ccc(C)c(C)c2)C1. The topological polar surface area (TPSA) is 37.3 Å². The van der Waals surface area contributed by atoms with Crippen LogP contribution in [0.3, 0.4) is 0 Å². The van der Waals surface area contributed by atoms with Crippen LogP contribution in [0.25, 0.3) is 0 Å². The maximum atomic E-state index is 11.5. The highest BCUT2D eigenvalue weighted by Gasteiger charge is 2.35. The predicted molar refractivity (Wildman–Crippen MR) is 84.3 cm³/mol. The van der Waals surface area contributed by atoms with Crippen LogP contribution in [0.5, 0.6) is 0 Å². The number of aryl methyl sites for hydroxylation is 2. The number of carboxylic acids is 1. The van der Waals surface area contributed by atoms with E-state index in [1.54, 1.807) is 11.8 Å². The summed E-state index contributed by atoms with van der Waals surface area (Å²) in [5.41, 5.74) is 2.57. The molecule has 3 heteroatoms. The molecular weight excluding hydrogens is 268 g/mol. The van der Waals surface area contributed by atoms with Gasteiger partial charge < -0.3 is 5.11 Å². The van der Waals surface area contributed by atoms with Crippen molar-refractivity contribution in [3.05, 3.63) is 29.3 Å². The summed E-state index contributed by atoms with van der Waals surface area (Å²) in [4.78, 5) is 12.7. The lowest BCUT2D eigenvalue weighted by Crippen LogP contribution is -2.32. The number of hydrogen-bond acceptors (Lipinski definition) is 2. The third-order valence-corrected chi connectivity index (χ3v) is 5.91. The first-order chi connectivity index (χ1) is 9.51. The third-order valence-electron chi connectivity index (χ3n) is 4.56. The Morgan fingerprint density at radius 1 is 1.30 bits per heavy atom. The number of hydrogen-bond donors (Lipinski definition) is 1. The number of carbonyl (C=O) groups is 1. The van der Waals surface area contributed by atoms with E-state index in [1.165, 1.54) is 16.0 Å². The molecule has 3 unspecified atom stereocenters. The monoisotopic (exact) mass is 292 g/mol. The number of thioether (sulfide) groups is 1. The summed E-state index contributed by atoms with van der Waals surface area (Å²) in [5.74, 6) is -0.125. The molecule has 0 amide bonds. The molecule has 2 rings (SSSR count). The van der Waals surface area contributed by atoms with E-state index in [4.69, 9.17) is 0 Å². The maximum Gasteiger partial charge on any atom is 0.307 e. The largest absolute Gasteiger partial charge is 0.481 e. The van der Waals surface area contributed by atoms with Crippen LogP contribution in [0.4, 0.5) is 0 Å². The maximum absolute atomic E-state index is 11.5. The first-order valence-corrected chi connectivity index (χ1v) is 8.36. The Kier molecular flexibility index (Phi) is 5.14. The summed E-state index contributed by atoms with van der Waals surface area (Å²) in [6.45, 7) is 6.44. The highest BCUT2D eigenvalue weighted by atomic mass is 32.2. The Balaban J connectivity index is 2.13. The molecule has 0 saturated heterocycles. The van der Waals surface area contributed by atoms with Gasteiger partial charge in [-0.15, -0.1) is 11.8 Å². The van der Waals surface area contributed by atoms with Crippen molar-refractivity contribution in [1.82, 2.24) is 0 Å². The zero-order valence-electron chi connectivity index (χ0n) is 12.6. The van der Waals surface area contributed by atoms with Gasteiger partial charge in [0.2, 0.25) is 0 Å². The lowest BCUT2D eigenvalue weighted by Gasteiger charge is -2.33. The smallest absolute Gasteiger partial charge is 0.307 e. The Bertz CT molecular complexity index is 484. The first kappa shape index (κ1) is 15.4. The average Bonchev–Trinajstić information content (AvgIpc) is 2.42. The third kappa shape index (κ3) is 3.57. The summed E-state index contributed by atoms with van der Waals surface area (Å²) in [7, 11) is 0. The van der Waals surface area contributed by atoms with E-state index in [0.717, 1.165) is 25.7 Å². The van der Waals surface area contributed by atoms with E-state index in [-0.39, 0.29) is 11.2 Å². The van der Waals surface area contributed by atoms with E-state index in [9.17, 15) is 9.90 Å². The molecule has 0 aliphatic heterocycles. The second-order valence-corrected chi connectivity index (χ2v) is 7.25. The van der Waals surface area contributed by atoms with E-state index in [1.807, 2.05) is 0 Å². The minimum Gasteiger partial charge on any atom is -0.481 e. The van der Waals surface area contributed by atoms with Crippen molar-refractivity contribution in [2.75, 3.05) is 0 Å². The molecule has 1 aliphatic carbocycles. The second-order valence-electron chi connectivity index (χ2n) is 5.93. The summed E-state index contributed by atoms with van der Waals surface area (Å²) in [5, 5.41) is 9.65. The Morgan fingerprint density at radius 3 is 2.65 bits per heavy atom. The predicted octanol–water partition coefficient (Wildman–Crippen LogP) is 4.68. The van der Waals surface area contributed by atoms with Gasteiger partial charge in [0, 0.05) is 10.1 Å². The van der Waals surface area contributed by atoms with Gasteiger partial charge in [0.15, 0.2) is 0 Å². The fraction of sp³-hybridized carbons (Fsp3) is 0.588. The molecule has 0 bridgehead atoms. The van der Waals surface area contributed by atoms with Gasteiger partial charge in [0.25, 0.3) is 0 Å². The lowest BCUT2D eigenvalue weighted by atomic mass is 9.80. The minimum atomic E-state index is -0.624. The van der Waals surface area contributed by atoms with Crippen LogP contribution < -0.4 is 0 Å². The Labute approximate surface area is 126 Å². The van der Waals surface area contributed by atoms with Crippen LogP contribution in [-0.2, 0) is 4.79 Å². The molecule has 1 fully saturated rings. The van der Waals surface area contributed by atoms with E-state index in [0.29, 0.717) is 5.92 Å². The number of carboxylic acid groups (broad SMARTS) is 1. The molecule has 0 radical (unpaired) electrons. The van der Waals surface area contributed by atoms with Crippen LogP contribution in [0.15, 0.2) is 23.1 Å². The van der Waals surface area contributed by atoms with E-state index < -0.39 is 5.97 Å². The molecule has 1 saturated carbocycles. The molecular formula is C17H24O2S. The molecule has 1 aliphatic rings. The lowest BCUT2D eigenvalue weighted by molar-refractivity contribution is -0.142. The van der Waals surface area contributed by atoms with Gasteiger partial charge in [-0.05, 0) is 62.3 Å². The average molecular weight is 292 g/mol. The van der Waals surface area contributed by atoms with Crippen LogP contribution in [0.1, 0.15) is 43.7 Å². The van der Waals surface area contributed by atoms with Gasteiger partial charge in [-0.25, -0.2) is 0 Å². The molecule has 20 heavy (non-hydrogen) atoms. The molecule has 3 atom stereocenters. The van der Waals surface area contributed by atoms with Crippen LogP contribution >= 0.6 is 11.8 Å². The van der Waals surface area contributed by atoms with Crippen molar-refractivity contribution < 1.29 is 9.90 Å². The second kappa shape index (κ2) is 6.66. The van der Waals surface area contributed by atoms with Crippen molar-refractivity contribution in [2.24, 2.45) is 11.8 Å². The van der Waals surface area contributed by atoms with E-state index >= 15 is 0 Å². The molecule has 0 spiro atoms. The summed E-state index contributed by atoms with van der Waals surface area (Å²) in [6, 6.07) is 6.45. The van der Waals surface area contributed by atoms with Crippen molar-refractivity contribution in [1.29, 1.82) is 0 Å². The standard InChI is InChI=1S/C17H24O2S/c1-4-13-6-8-15(17(18)19)16(10-13)20-14-7-5-11(2)12(3)9-14/h5,7,9,13,15-16H,4,6,8,10H2,1-3H3,(H,18,19). The van der Waals surface area contributed by atoms with Gasteiger partial charge in [-0.3, -0.25) is 4.79 Å². The van der Waals surface area contributed by atoms with Gasteiger partial charge in [0.05, 0.1) is 5.92 Å². The Hall–Kier alpha value is -0.960. The number of aliphatic carboxylic acids is 1. The highest BCUT2D eigenvalue weighted by molar-refractivity contribution is 8.00. The zero-order valence-corrected chi connectivity index (χ0v) is 13.4. The van der Waals surface area contributed by atoms with Gasteiger partial charge in [-0.2, -0.15) is 0 Å². The first-order valence-electron chi connectivity index (χ1n) is 7.48. The molecule has 2 nitrogen and oxygen atoms in total. The van der Waals surface area contributed by atoms with Crippen LogP contribution in [-0.4, -0.2) is 16.3 Å². The van der Waals surface area contributed by atoms with Crippen molar-refractivity contribution in [3.63, 3.8) is 0 Å². The fourth-order valence-corrected chi connectivity index (χ4v) is 4.48. The highest BCUT2D eigenvalue weighted by Crippen LogP contribution is 2.41. The zero-order chi connectivity index (χ0) is 14.7. The Morgan fingerprint density at radius 2 is 2.05 bits per heavy atom. The van der Waals surface area contributed by atoms with Crippen LogP contribution in [0, 0.1) is 25.7 Å². The van der Waals surface area contributed by atoms with Gasteiger partial charge >= 0.3 is 5.97 Å². The summed E-state index contributed by atoms with van der Waals surface area (Å²) < 4.78 is 0. The summed E-state index contributed by atoms with van der Waals surface area (Å²) >= 11 is 1.76.